The lowest BCUT2D eigenvalue weighted by Gasteiger charge is -2.01. The van der Waals surface area contributed by atoms with Crippen LogP contribution in [0.15, 0.2) is 18.2 Å². The van der Waals surface area contributed by atoms with Gasteiger partial charge in [0.25, 0.3) is 5.82 Å². The van der Waals surface area contributed by atoms with Crippen LogP contribution in [0.2, 0.25) is 0 Å². The molecule has 0 amide bonds. The second-order valence-corrected chi connectivity index (χ2v) is 4.72. The number of aromatic nitrogens is 2. The Bertz CT molecular complexity index is 655. The lowest BCUT2D eigenvalue weighted by molar-refractivity contribution is -0.679. The number of carbonyl (C=O) groups excluding carboxylic acids is 1. The number of aliphatic hydroxyl groups excluding tert-OH is 2. The zero-order chi connectivity index (χ0) is 15.4. The molecule has 0 aliphatic carbocycles. The number of aliphatic hydroxyl groups is 2. The molecule has 2 rings (SSSR count). The molecule has 122 valence electrons. The number of ether oxygens (including phenoxy) is 1. The van der Waals surface area contributed by atoms with Crippen molar-refractivity contribution < 1.29 is 48.3 Å². The Labute approximate surface area is 146 Å². The van der Waals surface area contributed by atoms with Gasteiger partial charge >= 0.3 is 5.97 Å². The first-order chi connectivity index (χ1) is 10.1. The quantitative estimate of drug-likeness (QED) is 0.306. The van der Waals surface area contributed by atoms with Gasteiger partial charge in [0.2, 0.25) is 0 Å². The highest BCUT2D eigenvalue weighted by Gasteiger charge is 2.22. The lowest BCUT2D eigenvalue weighted by Crippen LogP contribution is -3.00. The van der Waals surface area contributed by atoms with E-state index >= 15 is 0 Å². The Hall–Kier alpha value is -1.19. The molecule has 7 heteroatoms. The average molecular weight is 420 g/mol. The summed E-state index contributed by atoms with van der Waals surface area (Å²) in [5, 5.41) is 18.4. The summed E-state index contributed by atoms with van der Waals surface area (Å²) in [6.07, 6.45) is 0. The fourth-order valence-corrected chi connectivity index (χ4v) is 2.57. The Balaban J connectivity index is 0.00000242. The maximum atomic E-state index is 11.8. The van der Waals surface area contributed by atoms with Crippen LogP contribution in [0, 0.1) is 6.92 Å². The molecule has 2 N–H and O–H groups in total. The first kappa shape index (κ1) is 18.9. The number of nitrogens with zero attached hydrogens (tertiary/aromatic N) is 2. The van der Waals surface area contributed by atoms with Crippen LogP contribution in [-0.2, 0) is 17.8 Å². The Kier molecular flexibility index (Phi) is 7.24. The van der Waals surface area contributed by atoms with Crippen molar-refractivity contribution in [1.82, 2.24) is 4.57 Å². The van der Waals surface area contributed by atoms with E-state index in [0.717, 1.165) is 16.9 Å². The standard InChI is InChI=1S/C15H21N2O4.HI/c1-3-21-15(20)12-4-5-13-14(10-12)17(7-9-19)11(2)16(13)6-8-18;/h4-5,10,18-19H,3,6-9H2,1-2H3;1H/q+1;/p-1. The second kappa shape index (κ2) is 8.44. The van der Waals surface area contributed by atoms with E-state index in [1.807, 2.05) is 22.1 Å². The number of carbonyl (C=O) groups is 1. The van der Waals surface area contributed by atoms with Gasteiger partial charge in [-0.1, -0.05) is 0 Å². The van der Waals surface area contributed by atoms with Gasteiger partial charge in [-0.2, -0.15) is 0 Å². The molecule has 0 saturated carbocycles. The Morgan fingerprint density at radius 2 is 2.05 bits per heavy atom. The van der Waals surface area contributed by atoms with Gasteiger partial charge in [0.05, 0.1) is 25.4 Å². The number of rotatable bonds is 6. The smallest absolute Gasteiger partial charge is 0.338 e. The van der Waals surface area contributed by atoms with Gasteiger partial charge in [-0.25, -0.2) is 13.9 Å². The van der Waals surface area contributed by atoms with E-state index in [1.165, 1.54) is 0 Å². The molecule has 0 bridgehead atoms. The molecular weight excluding hydrogens is 399 g/mol. The molecule has 1 heterocycles. The third-order valence-corrected chi connectivity index (χ3v) is 3.50. The summed E-state index contributed by atoms with van der Waals surface area (Å²) >= 11 is 0. The molecule has 2 aromatic rings. The minimum absolute atomic E-state index is 0. The van der Waals surface area contributed by atoms with E-state index in [9.17, 15) is 15.0 Å². The fraction of sp³-hybridized carbons (Fsp3) is 0.467. The molecule has 0 fully saturated rings. The van der Waals surface area contributed by atoms with Gasteiger partial charge in [0.1, 0.15) is 13.1 Å². The molecule has 0 spiro atoms. The number of benzene rings is 1. The first-order valence-electron chi connectivity index (χ1n) is 7.05. The molecule has 1 aromatic heterocycles. The van der Waals surface area contributed by atoms with Crippen LogP contribution < -0.4 is 28.5 Å². The molecule has 0 atom stereocenters. The van der Waals surface area contributed by atoms with Crippen LogP contribution in [-0.4, -0.2) is 40.6 Å². The summed E-state index contributed by atoms with van der Waals surface area (Å²) in [4.78, 5) is 11.8. The average Bonchev–Trinajstić information content (AvgIpc) is 2.73. The van der Waals surface area contributed by atoms with Gasteiger partial charge in [-0.15, -0.1) is 0 Å². The molecule has 22 heavy (non-hydrogen) atoms. The number of hydrogen-bond donors (Lipinski definition) is 2. The molecule has 0 saturated heterocycles. The van der Waals surface area contributed by atoms with Gasteiger partial charge < -0.3 is 38.9 Å². The first-order valence-corrected chi connectivity index (χ1v) is 7.05. The van der Waals surface area contributed by atoms with E-state index < -0.39 is 0 Å². The van der Waals surface area contributed by atoms with Crippen molar-refractivity contribution in [2.45, 2.75) is 26.9 Å². The van der Waals surface area contributed by atoms with Crippen molar-refractivity contribution in [2.75, 3.05) is 19.8 Å². The lowest BCUT2D eigenvalue weighted by atomic mass is 10.2. The van der Waals surface area contributed by atoms with E-state index in [1.54, 1.807) is 19.1 Å². The second-order valence-electron chi connectivity index (χ2n) is 4.72. The molecule has 6 nitrogen and oxygen atoms in total. The Morgan fingerprint density at radius 1 is 1.32 bits per heavy atom. The van der Waals surface area contributed by atoms with Crippen LogP contribution in [0.25, 0.3) is 11.0 Å². The van der Waals surface area contributed by atoms with Crippen molar-refractivity contribution in [1.29, 1.82) is 0 Å². The van der Waals surface area contributed by atoms with E-state index in [4.69, 9.17) is 4.74 Å². The van der Waals surface area contributed by atoms with Crippen LogP contribution >= 0.6 is 0 Å². The highest BCUT2D eigenvalue weighted by molar-refractivity contribution is 5.93. The van der Waals surface area contributed by atoms with E-state index in [-0.39, 0.29) is 43.2 Å². The summed E-state index contributed by atoms with van der Waals surface area (Å²) in [6.45, 7) is 4.97. The highest BCUT2D eigenvalue weighted by Crippen LogP contribution is 2.17. The van der Waals surface area contributed by atoms with Crippen molar-refractivity contribution >= 4 is 17.0 Å². The molecule has 0 unspecified atom stereocenters. The maximum absolute atomic E-state index is 11.8. The zero-order valence-corrected chi connectivity index (χ0v) is 14.9. The summed E-state index contributed by atoms with van der Waals surface area (Å²) in [5.41, 5.74) is 2.25. The monoisotopic (exact) mass is 420 g/mol. The van der Waals surface area contributed by atoms with E-state index in [0.29, 0.717) is 25.3 Å². The van der Waals surface area contributed by atoms with Gasteiger partial charge in [-0.05, 0) is 19.1 Å². The third kappa shape index (κ3) is 3.58. The maximum Gasteiger partial charge on any atom is 0.338 e. The summed E-state index contributed by atoms with van der Waals surface area (Å²) < 4.78 is 8.93. The topological polar surface area (TPSA) is 75.6 Å². The molecule has 0 radical (unpaired) electrons. The number of esters is 1. The largest absolute Gasteiger partial charge is 1.00 e. The highest BCUT2D eigenvalue weighted by atomic mass is 127. The van der Waals surface area contributed by atoms with Gasteiger partial charge in [-0.3, -0.25) is 0 Å². The summed E-state index contributed by atoms with van der Waals surface area (Å²) in [7, 11) is 0. The van der Waals surface area contributed by atoms with Crippen LogP contribution in [0.3, 0.4) is 0 Å². The number of fused-ring (bicyclic) bond motifs is 1. The van der Waals surface area contributed by atoms with Crippen molar-refractivity contribution in [3.8, 4) is 0 Å². The predicted octanol–water partition coefficient (Wildman–Crippen LogP) is -2.60. The molecule has 0 aliphatic heterocycles. The summed E-state index contributed by atoms with van der Waals surface area (Å²) in [6, 6.07) is 5.33. The van der Waals surface area contributed by atoms with Crippen LogP contribution in [0.4, 0.5) is 0 Å². The fourth-order valence-electron chi connectivity index (χ4n) is 2.57. The summed E-state index contributed by atoms with van der Waals surface area (Å²) in [5.74, 6) is 0.566. The minimum Gasteiger partial charge on any atom is -1.00 e. The number of halogens is 1. The van der Waals surface area contributed by atoms with Crippen LogP contribution in [0.5, 0.6) is 0 Å². The Morgan fingerprint density at radius 3 is 2.64 bits per heavy atom. The van der Waals surface area contributed by atoms with Gasteiger partial charge in [0.15, 0.2) is 11.0 Å². The van der Waals surface area contributed by atoms with Crippen molar-refractivity contribution in [3.63, 3.8) is 0 Å². The van der Waals surface area contributed by atoms with Crippen LogP contribution in [0.1, 0.15) is 23.1 Å². The normalized spacial score (nSPS) is 10.5. The van der Waals surface area contributed by atoms with Gasteiger partial charge in [0, 0.05) is 13.0 Å². The number of hydrogen-bond acceptors (Lipinski definition) is 4. The predicted molar refractivity (Wildman–Crippen MR) is 77.0 cm³/mol. The number of imidazole rings is 1. The molecule has 1 aromatic carbocycles. The molecular formula is C15H21IN2O4. The SMILES string of the molecule is CCOC(=O)c1ccc2c(c1)n(CCO)c(C)[n+]2CCO.[I-]. The van der Waals surface area contributed by atoms with E-state index in [2.05, 4.69) is 0 Å². The third-order valence-electron chi connectivity index (χ3n) is 3.50. The van der Waals surface area contributed by atoms with Crippen molar-refractivity contribution in [3.05, 3.63) is 29.6 Å². The minimum atomic E-state index is -0.359. The zero-order valence-electron chi connectivity index (χ0n) is 12.8. The molecule has 0 aliphatic rings. The van der Waals surface area contributed by atoms with Crippen molar-refractivity contribution in [2.24, 2.45) is 0 Å².